The second-order valence-corrected chi connectivity index (χ2v) is 5.89. The molecule has 2 aromatic heterocycles. The van der Waals surface area contributed by atoms with Crippen molar-refractivity contribution in [1.82, 2.24) is 20.2 Å². The van der Waals surface area contributed by atoms with E-state index in [2.05, 4.69) is 43.7 Å². The second kappa shape index (κ2) is 5.92. The van der Waals surface area contributed by atoms with Crippen molar-refractivity contribution in [3.63, 3.8) is 0 Å². The minimum atomic E-state index is 0.00308. The number of hydrazine groups is 1. The van der Waals surface area contributed by atoms with E-state index in [1.54, 1.807) is 17.5 Å². The van der Waals surface area contributed by atoms with E-state index in [4.69, 9.17) is 5.84 Å². The largest absolute Gasteiger partial charge is 0.271 e. The van der Waals surface area contributed by atoms with Crippen LogP contribution in [0.15, 0.2) is 16.0 Å². The van der Waals surface area contributed by atoms with Gasteiger partial charge in [0.1, 0.15) is 0 Å². The molecule has 2 rings (SSSR count). The van der Waals surface area contributed by atoms with Crippen LogP contribution in [0.5, 0.6) is 0 Å². The topological polar surface area (TPSA) is 68.8 Å². The minimum Gasteiger partial charge on any atom is -0.271 e. The first-order valence-electron chi connectivity index (χ1n) is 5.74. The average Bonchev–Trinajstić information content (AvgIpc) is 2.92. The first-order chi connectivity index (χ1) is 8.65. The Morgan fingerprint density at radius 1 is 1.61 bits per heavy atom. The van der Waals surface area contributed by atoms with Gasteiger partial charge < -0.3 is 0 Å². The van der Waals surface area contributed by atoms with Crippen molar-refractivity contribution in [1.29, 1.82) is 0 Å². The Morgan fingerprint density at radius 2 is 2.39 bits per heavy atom. The normalized spacial score (nSPS) is 12.9. The fourth-order valence-corrected chi connectivity index (χ4v) is 3.11. The minimum absolute atomic E-state index is 0.00308. The predicted octanol–water partition coefficient (Wildman–Crippen LogP) is 2.18. The van der Waals surface area contributed by atoms with Gasteiger partial charge in [0.2, 0.25) is 0 Å². The summed E-state index contributed by atoms with van der Waals surface area (Å²) in [6.07, 6.45) is 2.56. The highest BCUT2D eigenvalue weighted by molar-refractivity contribution is 9.10. The van der Waals surface area contributed by atoms with E-state index in [0.29, 0.717) is 0 Å². The maximum atomic E-state index is 5.67. The van der Waals surface area contributed by atoms with Crippen LogP contribution in [0.1, 0.15) is 29.4 Å². The first-order valence-corrected chi connectivity index (χ1v) is 7.41. The molecule has 1 atom stereocenters. The molecule has 2 heterocycles. The van der Waals surface area contributed by atoms with Crippen LogP contribution < -0.4 is 11.3 Å². The van der Waals surface area contributed by atoms with Crippen LogP contribution in [0.25, 0.3) is 0 Å². The van der Waals surface area contributed by atoms with Crippen molar-refractivity contribution in [2.45, 2.75) is 32.9 Å². The van der Waals surface area contributed by atoms with Gasteiger partial charge in [-0.15, -0.1) is 11.3 Å². The van der Waals surface area contributed by atoms with Gasteiger partial charge in [0.25, 0.3) is 0 Å². The van der Waals surface area contributed by atoms with E-state index in [-0.39, 0.29) is 6.04 Å². The number of aryl methyl sites for hydroxylation is 2. The SMILES string of the molecule is CCn1ncc(Br)c1C(Cc1csc(C)n1)NN. The summed E-state index contributed by atoms with van der Waals surface area (Å²) in [7, 11) is 0. The van der Waals surface area contributed by atoms with Crippen molar-refractivity contribution < 1.29 is 0 Å². The Hall–Kier alpha value is -0.760. The highest BCUT2D eigenvalue weighted by Gasteiger charge is 2.19. The van der Waals surface area contributed by atoms with Crippen LogP contribution in [-0.4, -0.2) is 14.8 Å². The third-order valence-electron chi connectivity index (χ3n) is 2.74. The van der Waals surface area contributed by atoms with Crippen LogP contribution in [-0.2, 0) is 13.0 Å². The molecule has 18 heavy (non-hydrogen) atoms. The van der Waals surface area contributed by atoms with E-state index in [1.807, 2.05) is 11.6 Å². The van der Waals surface area contributed by atoms with Gasteiger partial charge >= 0.3 is 0 Å². The smallest absolute Gasteiger partial charge is 0.0897 e. The predicted molar refractivity (Wildman–Crippen MR) is 76.2 cm³/mol. The van der Waals surface area contributed by atoms with E-state index in [9.17, 15) is 0 Å². The number of nitrogens with zero attached hydrogens (tertiary/aromatic N) is 3. The second-order valence-electron chi connectivity index (χ2n) is 3.97. The molecule has 0 spiro atoms. The molecule has 98 valence electrons. The molecule has 0 aromatic carbocycles. The summed E-state index contributed by atoms with van der Waals surface area (Å²) in [4.78, 5) is 4.47. The Kier molecular flexibility index (Phi) is 4.50. The molecule has 0 fully saturated rings. The number of halogens is 1. The quantitative estimate of drug-likeness (QED) is 0.651. The van der Waals surface area contributed by atoms with Gasteiger partial charge in [-0.2, -0.15) is 5.10 Å². The van der Waals surface area contributed by atoms with Crippen LogP contribution in [0.3, 0.4) is 0 Å². The van der Waals surface area contributed by atoms with Crippen LogP contribution >= 0.6 is 27.3 Å². The molecule has 0 saturated carbocycles. The number of aromatic nitrogens is 3. The maximum absolute atomic E-state index is 5.67. The Morgan fingerprint density at radius 3 is 2.94 bits per heavy atom. The van der Waals surface area contributed by atoms with Crippen molar-refractivity contribution in [3.05, 3.63) is 32.4 Å². The number of hydrogen-bond donors (Lipinski definition) is 2. The molecule has 7 heteroatoms. The molecular weight excluding hydrogens is 314 g/mol. The van der Waals surface area contributed by atoms with Crippen LogP contribution in [0, 0.1) is 6.92 Å². The molecule has 5 nitrogen and oxygen atoms in total. The zero-order valence-electron chi connectivity index (χ0n) is 10.4. The molecule has 3 N–H and O–H groups in total. The number of nitrogens with one attached hydrogen (secondary N) is 1. The number of nitrogens with two attached hydrogens (primary N) is 1. The van der Waals surface area contributed by atoms with Gasteiger partial charge in [-0.25, -0.2) is 4.98 Å². The monoisotopic (exact) mass is 329 g/mol. The summed E-state index contributed by atoms with van der Waals surface area (Å²) < 4.78 is 2.91. The molecule has 0 aliphatic heterocycles. The lowest BCUT2D eigenvalue weighted by Crippen LogP contribution is -2.31. The Balaban J connectivity index is 2.25. The van der Waals surface area contributed by atoms with Gasteiger partial charge in [-0.1, -0.05) is 0 Å². The Bertz CT molecular complexity index is 521. The molecule has 0 amide bonds. The standard InChI is InChI=1S/C11H16BrN5S/c1-3-17-11(9(12)5-14-17)10(16-13)4-8-6-18-7(2)15-8/h5-6,10,16H,3-4,13H2,1-2H3. The summed E-state index contributed by atoms with van der Waals surface area (Å²) in [5.41, 5.74) is 4.96. The highest BCUT2D eigenvalue weighted by Crippen LogP contribution is 2.26. The number of rotatable bonds is 5. The third-order valence-corrected chi connectivity index (χ3v) is 4.18. The van der Waals surface area contributed by atoms with Crippen molar-refractivity contribution >= 4 is 27.3 Å². The molecule has 0 aliphatic carbocycles. The summed E-state index contributed by atoms with van der Waals surface area (Å²) in [5, 5.41) is 7.45. The maximum Gasteiger partial charge on any atom is 0.0897 e. The van der Waals surface area contributed by atoms with Gasteiger partial charge in [0.05, 0.1) is 33.1 Å². The van der Waals surface area contributed by atoms with Gasteiger partial charge in [0.15, 0.2) is 0 Å². The lowest BCUT2D eigenvalue weighted by atomic mass is 10.1. The molecule has 2 aromatic rings. The van der Waals surface area contributed by atoms with Crippen molar-refractivity contribution in [2.75, 3.05) is 0 Å². The van der Waals surface area contributed by atoms with E-state index >= 15 is 0 Å². The van der Waals surface area contributed by atoms with E-state index < -0.39 is 0 Å². The summed E-state index contributed by atoms with van der Waals surface area (Å²) >= 11 is 5.18. The summed E-state index contributed by atoms with van der Waals surface area (Å²) in [6, 6.07) is 0.00308. The fraction of sp³-hybridized carbons (Fsp3) is 0.455. The van der Waals surface area contributed by atoms with Gasteiger partial charge in [0, 0.05) is 18.3 Å². The Labute approximate surface area is 119 Å². The first kappa shape index (κ1) is 13.7. The fourth-order valence-electron chi connectivity index (χ4n) is 1.92. The van der Waals surface area contributed by atoms with Crippen molar-refractivity contribution in [2.24, 2.45) is 5.84 Å². The van der Waals surface area contributed by atoms with Crippen LogP contribution in [0.4, 0.5) is 0 Å². The van der Waals surface area contributed by atoms with Crippen LogP contribution in [0.2, 0.25) is 0 Å². The average molecular weight is 330 g/mol. The summed E-state index contributed by atoms with van der Waals surface area (Å²) in [5.74, 6) is 5.67. The number of thiazole rings is 1. The molecule has 0 bridgehead atoms. The zero-order valence-corrected chi connectivity index (χ0v) is 12.8. The molecule has 0 aliphatic rings. The number of hydrogen-bond acceptors (Lipinski definition) is 5. The molecule has 0 saturated heterocycles. The third kappa shape index (κ3) is 2.80. The lowest BCUT2D eigenvalue weighted by Gasteiger charge is -2.17. The van der Waals surface area contributed by atoms with E-state index in [1.165, 1.54) is 0 Å². The van der Waals surface area contributed by atoms with Gasteiger partial charge in [-0.05, 0) is 29.8 Å². The molecule has 0 radical (unpaired) electrons. The molecule has 1 unspecified atom stereocenters. The van der Waals surface area contributed by atoms with Gasteiger partial charge in [-0.3, -0.25) is 16.0 Å². The van der Waals surface area contributed by atoms with Crippen molar-refractivity contribution in [3.8, 4) is 0 Å². The lowest BCUT2D eigenvalue weighted by molar-refractivity contribution is 0.486. The molecular formula is C11H16BrN5S. The highest BCUT2D eigenvalue weighted by atomic mass is 79.9. The summed E-state index contributed by atoms with van der Waals surface area (Å²) in [6.45, 7) is 4.88. The zero-order chi connectivity index (χ0) is 13.1. The van der Waals surface area contributed by atoms with E-state index in [0.717, 1.165) is 33.8 Å².